The molecule has 0 unspecified atom stereocenters. The lowest BCUT2D eigenvalue weighted by atomic mass is 10.1. The van der Waals surface area contributed by atoms with E-state index in [4.69, 9.17) is 9.47 Å². The molecule has 1 heterocycles. The van der Waals surface area contributed by atoms with Gasteiger partial charge in [0.2, 0.25) is 0 Å². The van der Waals surface area contributed by atoms with Crippen LogP contribution in [0.25, 0.3) is 21.8 Å². The number of hydrogen-bond donors (Lipinski definition) is 1. The summed E-state index contributed by atoms with van der Waals surface area (Å²) in [5.41, 5.74) is 4.05. The van der Waals surface area contributed by atoms with E-state index >= 15 is 0 Å². The Morgan fingerprint density at radius 2 is 1.79 bits per heavy atom. The minimum atomic E-state index is -0.167. The topological polar surface area (TPSA) is 65.4 Å². The molecule has 0 saturated heterocycles. The largest absolute Gasteiger partial charge is 0.497 e. The van der Waals surface area contributed by atoms with Crippen LogP contribution < -0.4 is 14.8 Å². The molecule has 1 N–H and O–H groups in total. The van der Waals surface area contributed by atoms with Crippen molar-refractivity contribution < 1.29 is 14.3 Å². The van der Waals surface area contributed by atoms with Crippen molar-refractivity contribution in [1.82, 2.24) is 9.55 Å². The van der Waals surface area contributed by atoms with E-state index in [1.807, 2.05) is 83.4 Å². The SMILES string of the molecule is COc1ccc(Cn2cnc3cc(C(=O)Nc4cccc5ccccc45)ccc32)c(OC)c1. The van der Waals surface area contributed by atoms with Gasteiger partial charge in [-0.25, -0.2) is 4.98 Å². The molecule has 0 fully saturated rings. The van der Waals surface area contributed by atoms with Crippen LogP contribution in [-0.2, 0) is 6.54 Å². The predicted molar refractivity (Wildman–Crippen MR) is 130 cm³/mol. The zero-order chi connectivity index (χ0) is 22.8. The van der Waals surface area contributed by atoms with E-state index in [2.05, 4.69) is 10.3 Å². The van der Waals surface area contributed by atoms with E-state index in [-0.39, 0.29) is 5.91 Å². The fourth-order valence-corrected chi connectivity index (χ4v) is 4.03. The van der Waals surface area contributed by atoms with Crippen LogP contribution in [0.4, 0.5) is 5.69 Å². The van der Waals surface area contributed by atoms with Crippen molar-refractivity contribution >= 4 is 33.4 Å². The first-order valence-corrected chi connectivity index (χ1v) is 10.6. The summed E-state index contributed by atoms with van der Waals surface area (Å²) in [7, 11) is 3.27. The van der Waals surface area contributed by atoms with Gasteiger partial charge in [-0.3, -0.25) is 4.79 Å². The molecule has 0 aliphatic carbocycles. The van der Waals surface area contributed by atoms with Gasteiger partial charge in [-0.1, -0.05) is 36.4 Å². The van der Waals surface area contributed by atoms with Gasteiger partial charge in [-0.05, 0) is 41.8 Å². The highest BCUT2D eigenvalue weighted by atomic mass is 16.5. The van der Waals surface area contributed by atoms with Crippen LogP contribution >= 0.6 is 0 Å². The Morgan fingerprint density at radius 3 is 2.64 bits per heavy atom. The molecule has 1 aromatic heterocycles. The first-order chi connectivity index (χ1) is 16.2. The molecule has 6 heteroatoms. The van der Waals surface area contributed by atoms with Gasteiger partial charge in [-0.2, -0.15) is 0 Å². The number of fused-ring (bicyclic) bond motifs is 2. The fourth-order valence-electron chi connectivity index (χ4n) is 4.03. The zero-order valence-electron chi connectivity index (χ0n) is 18.4. The lowest BCUT2D eigenvalue weighted by Crippen LogP contribution is -2.12. The average molecular weight is 437 g/mol. The van der Waals surface area contributed by atoms with Gasteiger partial charge in [0.25, 0.3) is 5.91 Å². The Balaban J connectivity index is 1.40. The van der Waals surface area contributed by atoms with E-state index in [0.29, 0.717) is 12.1 Å². The Morgan fingerprint density at radius 1 is 0.939 bits per heavy atom. The molecule has 0 saturated carbocycles. The van der Waals surface area contributed by atoms with Crippen LogP contribution in [0.5, 0.6) is 11.5 Å². The number of aromatic nitrogens is 2. The van der Waals surface area contributed by atoms with Crippen LogP contribution in [-0.4, -0.2) is 29.7 Å². The van der Waals surface area contributed by atoms with Crippen molar-refractivity contribution in [2.24, 2.45) is 0 Å². The van der Waals surface area contributed by atoms with Gasteiger partial charge in [-0.15, -0.1) is 0 Å². The van der Waals surface area contributed by atoms with Gasteiger partial charge in [0.1, 0.15) is 11.5 Å². The van der Waals surface area contributed by atoms with Crippen LogP contribution in [0, 0.1) is 0 Å². The second-order valence-corrected chi connectivity index (χ2v) is 7.73. The van der Waals surface area contributed by atoms with E-state index in [9.17, 15) is 4.79 Å². The third-order valence-corrected chi connectivity index (χ3v) is 5.76. The summed E-state index contributed by atoms with van der Waals surface area (Å²) in [6.45, 7) is 0.589. The molecule has 0 aliphatic heterocycles. The third kappa shape index (κ3) is 3.99. The minimum Gasteiger partial charge on any atom is -0.497 e. The average Bonchev–Trinajstić information content (AvgIpc) is 3.26. The number of anilines is 1. The number of imidazole rings is 1. The third-order valence-electron chi connectivity index (χ3n) is 5.76. The monoisotopic (exact) mass is 437 g/mol. The molecule has 0 spiro atoms. The summed E-state index contributed by atoms with van der Waals surface area (Å²) in [6.07, 6.45) is 1.78. The molecule has 164 valence electrons. The predicted octanol–water partition coefficient (Wildman–Crippen LogP) is 5.51. The second-order valence-electron chi connectivity index (χ2n) is 7.73. The standard InChI is InChI=1S/C27H23N3O3/c1-32-21-12-10-20(26(15-21)33-2)16-30-17-28-24-14-19(11-13-25(24)30)27(31)29-23-9-5-7-18-6-3-4-8-22(18)23/h3-15,17H,16H2,1-2H3,(H,29,31). The Hall–Kier alpha value is -4.32. The van der Waals surface area contributed by atoms with Crippen molar-refractivity contribution in [1.29, 1.82) is 0 Å². The number of rotatable bonds is 6. The summed E-state index contributed by atoms with van der Waals surface area (Å²) < 4.78 is 12.8. The number of carbonyl (C=O) groups is 1. The van der Waals surface area contributed by atoms with Crippen LogP contribution in [0.1, 0.15) is 15.9 Å². The highest BCUT2D eigenvalue weighted by Gasteiger charge is 2.13. The van der Waals surface area contributed by atoms with Crippen molar-refractivity contribution in [3.63, 3.8) is 0 Å². The smallest absolute Gasteiger partial charge is 0.255 e. The molecule has 4 aromatic carbocycles. The zero-order valence-corrected chi connectivity index (χ0v) is 18.4. The molecule has 33 heavy (non-hydrogen) atoms. The number of carbonyl (C=O) groups excluding carboxylic acids is 1. The molecule has 5 rings (SSSR count). The first kappa shape index (κ1) is 20.6. The Kier molecular flexibility index (Phi) is 5.40. The number of amides is 1. The maximum atomic E-state index is 13.0. The summed E-state index contributed by atoms with van der Waals surface area (Å²) in [6, 6.07) is 25.2. The minimum absolute atomic E-state index is 0.167. The molecule has 5 aromatic rings. The van der Waals surface area contributed by atoms with E-state index in [0.717, 1.165) is 44.6 Å². The molecule has 1 amide bonds. The summed E-state index contributed by atoms with van der Waals surface area (Å²) >= 11 is 0. The number of nitrogens with one attached hydrogen (secondary N) is 1. The highest BCUT2D eigenvalue weighted by molar-refractivity contribution is 6.10. The van der Waals surface area contributed by atoms with Crippen LogP contribution in [0.15, 0.2) is 85.2 Å². The maximum absolute atomic E-state index is 13.0. The summed E-state index contributed by atoms with van der Waals surface area (Å²) in [5, 5.41) is 5.13. The normalized spacial score (nSPS) is 11.0. The number of hydrogen-bond acceptors (Lipinski definition) is 4. The van der Waals surface area contributed by atoms with Crippen LogP contribution in [0.3, 0.4) is 0 Å². The lowest BCUT2D eigenvalue weighted by molar-refractivity contribution is 0.102. The maximum Gasteiger partial charge on any atom is 0.255 e. The number of ether oxygens (including phenoxy) is 2. The van der Waals surface area contributed by atoms with Crippen molar-refractivity contribution in [2.45, 2.75) is 6.54 Å². The Bertz CT molecular complexity index is 1470. The van der Waals surface area contributed by atoms with Crippen LogP contribution in [0.2, 0.25) is 0 Å². The van der Waals surface area contributed by atoms with E-state index in [1.165, 1.54) is 0 Å². The molecular formula is C27H23N3O3. The first-order valence-electron chi connectivity index (χ1n) is 10.6. The van der Waals surface area contributed by atoms with E-state index < -0.39 is 0 Å². The Labute approximate surface area is 191 Å². The van der Waals surface area contributed by atoms with Gasteiger partial charge < -0.3 is 19.4 Å². The summed E-state index contributed by atoms with van der Waals surface area (Å²) in [4.78, 5) is 17.5. The fraction of sp³-hybridized carbons (Fsp3) is 0.111. The van der Waals surface area contributed by atoms with Gasteiger partial charge in [0.15, 0.2) is 0 Å². The number of benzene rings is 4. The van der Waals surface area contributed by atoms with Crippen molar-refractivity contribution in [3.8, 4) is 11.5 Å². The quantitative estimate of drug-likeness (QED) is 0.381. The molecular weight excluding hydrogens is 414 g/mol. The summed E-state index contributed by atoms with van der Waals surface area (Å²) in [5.74, 6) is 1.33. The second kappa shape index (κ2) is 8.67. The number of nitrogens with zero attached hydrogens (tertiary/aromatic N) is 2. The lowest BCUT2D eigenvalue weighted by Gasteiger charge is -2.12. The molecule has 0 aliphatic rings. The van der Waals surface area contributed by atoms with Gasteiger partial charge in [0.05, 0.1) is 38.1 Å². The van der Waals surface area contributed by atoms with Crippen molar-refractivity contribution in [2.75, 3.05) is 19.5 Å². The molecule has 0 atom stereocenters. The highest BCUT2D eigenvalue weighted by Crippen LogP contribution is 2.27. The molecule has 0 radical (unpaired) electrons. The van der Waals surface area contributed by atoms with Gasteiger partial charge in [0, 0.05) is 28.3 Å². The molecule has 6 nitrogen and oxygen atoms in total. The van der Waals surface area contributed by atoms with Gasteiger partial charge >= 0.3 is 0 Å². The molecule has 0 bridgehead atoms. The number of methoxy groups -OCH3 is 2. The van der Waals surface area contributed by atoms with Crippen molar-refractivity contribution in [3.05, 3.63) is 96.3 Å². The van der Waals surface area contributed by atoms with E-state index in [1.54, 1.807) is 20.5 Å².